The van der Waals surface area contributed by atoms with Crippen molar-refractivity contribution in [3.63, 3.8) is 0 Å². The molecule has 0 unspecified atom stereocenters. The quantitative estimate of drug-likeness (QED) is 0.540. The molecule has 0 aliphatic carbocycles. The molecule has 0 aliphatic heterocycles. The van der Waals surface area contributed by atoms with Crippen molar-refractivity contribution in [3.05, 3.63) is 71.8 Å². The van der Waals surface area contributed by atoms with Crippen molar-refractivity contribution < 1.29 is 0 Å². The highest BCUT2D eigenvalue weighted by Gasteiger charge is 2.12. The Balaban J connectivity index is 2.97. The predicted octanol–water partition coefficient (Wildman–Crippen LogP) is 5.04. The Bertz CT molecular complexity index is 718. The largest absolute Gasteiger partial charge is 0.296 e. The van der Waals surface area contributed by atoms with Crippen LogP contribution in [0.1, 0.15) is 22.3 Å². The summed E-state index contributed by atoms with van der Waals surface area (Å²) >= 11 is 0. The van der Waals surface area contributed by atoms with Crippen LogP contribution in [0.2, 0.25) is 0 Å². The van der Waals surface area contributed by atoms with Crippen LogP contribution >= 0.6 is 0 Å². The van der Waals surface area contributed by atoms with Crippen LogP contribution in [0.4, 0.5) is 0 Å². The van der Waals surface area contributed by atoms with Gasteiger partial charge in [-0.2, -0.15) is 0 Å². The Kier molecular flexibility index (Phi) is 4.31. The topological polar surface area (TPSA) is 12.4 Å². The first-order chi connectivity index (χ1) is 9.74. The van der Waals surface area contributed by atoms with E-state index in [1.807, 2.05) is 18.4 Å². The molecule has 0 saturated heterocycles. The second-order valence-electron chi connectivity index (χ2n) is 4.60. The summed E-state index contributed by atoms with van der Waals surface area (Å²) in [7, 11) is 1.79. The summed E-state index contributed by atoms with van der Waals surface area (Å²) in [6.45, 7) is 9.86. The Morgan fingerprint density at radius 3 is 2.30 bits per heavy atom. The van der Waals surface area contributed by atoms with Gasteiger partial charge < -0.3 is 0 Å². The molecule has 0 amide bonds. The summed E-state index contributed by atoms with van der Waals surface area (Å²) in [6, 6.07) is 8.40. The molecule has 0 N–H and O–H groups in total. The second kappa shape index (κ2) is 6.16. The highest BCUT2D eigenvalue weighted by atomic mass is 14.6. The number of fused-ring (bicyclic) bond motifs is 1. The predicted molar refractivity (Wildman–Crippen MR) is 91.5 cm³/mol. The summed E-state index contributed by atoms with van der Waals surface area (Å²) in [4.78, 5) is 4.20. The van der Waals surface area contributed by atoms with Crippen LogP contribution in [-0.2, 0) is 0 Å². The highest BCUT2D eigenvalue weighted by molar-refractivity contribution is 6.04. The molecule has 0 radical (unpaired) electrons. The monoisotopic (exact) mass is 261 g/mol. The molecule has 0 heterocycles. The minimum absolute atomic E-state index is 1.11. The Morgan fingerprint density at radius 2 is 1.70 bits per heavy atom. The maximum Gasteiger partial charge on any atom is 0.0293 e. The molecule has 2 rings (SSSR count). The average Bonchev–Trinajstić information content (AvgIpc) is 2.48. The van der Waals surface area contributed by atoms with Gasteiger partial charge in [0.05, 0.1) is 0 Å². The third kappa shape index (κ3) is 2.35. The molecule has 0 atom stereocenters. The van der Waals surface area contributed by atoms with E-state index >= 15 is 0 Å². The summed E-state index contributed by atoms with van der Waals surface area (Å²) < 4.78 is 0. The van der Waals surface area contributed by atoms with Gasteiger partial charge in [-0.05, 0) is 34.4 Å². The number of hydrogen-bond donors (Lipinski definition) is 0. The number of hydrogen-bond acceptors (Lipinski definition) is 1. The molecule has 0 saturated carbocycles. The molecule has 0 fully saturated rings. The Hall–Kier alpha value is -2.41. The summed E-state index contributed by atoms with van der Waals surface area (Å²) in [5.41, 5.74) is 4.65. The van der Waals surface area contributed by atoms with Crippen LogP contribution in [0.3, 0.4) is 0 Å². The van der Waals surface area contributed by atoms with E-state index in [1.165, 1.54) is 21.9 Å². The van der Waals surface area contributed by atoms with Crippen molar-refractivity contribution in [2.45, 2.75) is 6.92 Å². The van der Waals surface area contributed by atoms with Gasteiger partial charge in [0.15, 0.2) is 0 Å². The molecule has 2 aromatic carbocycles. The van der Waals surface area contributed by atoms with Crippen LogP contribution in [0.15, 0.2) is 54.6 Å². The molecule has 1 nitrogen and oxygen atoms in total. The zero-order valence-corrected chi connectivity index (χ0v) is 12.1. The zero-order chi connectivity index (χ0) is 14.5. The van der Waals surface area contributed by atoms with Gasteiger partial charge in [-0.15, -0.1) is 0 Å². The van der Waals surface area contributed by atoms with Crippen molar-refractivity contribution in [1.29, 1.82) is 0 Å². The SMILES string of the molecule is C=C/C=C\c1c(/C=N/C)c(C=C)c2ccccc2c1C. The van der Waals surface area contributed by atoms with Crippen LogP contribution in [-0.4, -0.2) is 13.3 Å². The van der Waals surface area contributed by atoms with Gasteiger partial charge in [-0.3, -0.25) is 4.99 Å². The number of benzene rings is 2. The lowest BCUT2D eigenvalue weighted by Crippen LogP contribution is -1.98. The third-order valence-corrected chi connectivity index (χ3v) is 3.47. The van der Waals surface area contributed by atoms with Gasteiger partial charge in [0.25, 0.3) is 0 Å². The lowest BCUT2D eigenvalue weighted by molar-refractivity contribution is 1.43. The van der Waals surface area contributed by atoms with Crippen LogP contribution in [0.5, 0.6) is 0 Å². The molecule has 1 heteroatoms. The lowest BCUT2D eigenvalue weighted by atomic mass is 9.89. The van der Waals surface area contributed by atoms with Crippen molar-refractivity contribution in [1.82, 2.24) is 0 Å². The first kappa shape index (κ1) is 14.0. The number of aryl methyl sites for hydroxylation is 1. The maximum atomic E-state index is 4.20. The summed E-state index contributed by atoms with van der Waals surface area (Å²) in [5, 5.41) is 2.46. The van der Waals surface area contributed by atoms with E-state index < -0.39 is 0 Å². The maximum absolute atomic E-state index is 4.20. The van der Waals surface area contributed by atoms with Crippen LogP contribution in [0.25, 0.3) is 22.9 Å². The van der Waals surface area contributed by atoms with E-state index in [-0.39, 0.29) is 0 Å². The Labute approximate surface area is 120 Å². The Morgan fingerprint density at radius 1 is 1.00 bits per heavy atom. The highest BCUT2D eigenvalue weighted by Crippen LogP contribution is 2.31. The number of rotatable bonds is 4. The lowest BCUT2D eigenvalue weighted by Gasteiger charge is -2.14. The molecular formula is C19H19N. The van der Waals surface area contributed by atoms with Gasteiger partial charge in [-0.1, -0.05) is 61.7 Å². The van der Waals surface area contributed by atoms with Gasteiger partial charge in [0, 0.05) is 18.8 Å². The van der Waals surface area contributed by atoms with Gasteiger partial charge in [0.2, 0.25) is 0 Å². The molecular weight excluding hydrogens is 242 g/mol. The van der Waals surface area contributed by atoms with Crippen molar-refractivity contribution in [2.75, 3.05) is 7.05 Å². The first-order valence-electron chi connectivity index (χ1n) is 6.63. The fourth-order valence-corrected chi connectivity index (χ4v) is 2.55. The summed E-state index contributed by atoms with van der Waals surface area (Å²) in [5.74, 6) is 0. The molecule has 0 spiro atoms. The van der Waals surface area contributed by atoms with E-state index in [4.69, 9.17) is 0 Å². The van der Waals surface area contributed by atoms with Crippen molar-refractivity contribution in [3.8, 4) is 0 Å². The van der Waals surface area contributed by atoms with Crippen LogP contribution in [0, 0.1) is 6.92 Å². The number of nitrogens with zero attached hydrogens (tertiary/aromatic N) is 1. The van der Waals surface area contributed by atoms with Crippen molar-refractivity contribution >= 4 is 29.1 Å². The van der Waals surface area contributed by atoms with Gasteiger partial charge in [0.1, 0.15) is 0 Å². The molecule has 0 bridgehead atoms. The van der Waals surface area contributed by atoms with E-state index in [2.05, 4.69) is 55.4 Å². The smallest absolute Gasteiger partial charge is 0.0293 e. The normalized spacial score (nSPS) is 11.5. The van der Waals surface area contributed by atoms with E-state index in [0.717, 1.165) is 11.1 Å². The molecule has 0 aliphatic rings. The molecule has 100 valence electrons. The molecule has 20 heavy (non-hydrogen) atoms. The fourth-order valence-electron chi connectivity index (χ4n) is 2.55. The zero-order valence-electron chi connectivity index (χ0n) is 12.1. The van der Waals surface area contributed by atoms with Crippen molar-refractivity contribution in [2.24, 2.45) is 4.99 Å². The van der Waals surface area contributed by atoms with E-state index in [1.54, 1.807) is 13.1 Å². The standard InChI is InChI=1S/C19H19N/c1-5-7-10-17-14(3)16-11-8-9-12-18(16)15(6-2)19(17)13-20-4/h5-13H,1-2H2,3-4H3/b10-7-,20-13+. The minimum atomic E-state index is 1.11. The van der Waals surface area contributed by atoms with E-state index in [9.17, 15) is 0 Å². The van der Waals surface area contributed by atoms with Gasteiger partial charge in [-0.25, -0.2) is 0 Å². The number of allylic oxidation sites excluding steroid dienone is 2. The summed E-state index contributed by atoms with van der Waals surface area (Å²) in [6.07, 6.45) is 9.63. The van der Waals surface area contributed by atoms with Gasteiger partial charge >= 0.3 is 0 Å². The van der Waals surface area contributed by atoms with E-state index in [0.29, 0.717) is 0 Å². The first-order valence-corrected chi connectivity index (χ1v) is 6.63. The minimum Gasteiger partial charge on any atom is -0.296 e. The number of aliphatic imine (C=N–C) groups is 1. The second-order valence-corrected chi connectivity index (χ2v) is 4.60. The third-order valence-electron chi connectivity index (χ3n) is 3.47. The molecule has 0 aromatic heterocycles. The fraction of sp³-hybridized carbons (Fsp3) is 0.105. The average molecular weight is 261 g/mol. The molecule has 2 aromatic rings. The van der Waals surface area contributed by atoms with Crippen LogP contribution < -0.4 is 0 Å².